The van der Waals surface area contributed by atoms with Crippen LogP contribution in [0.1, 0.15) is 31.7 Å². The fourth-order valence-electron chi connectivity index (χ4n) is 2.59. The van der Waals surface area contributed by atoms with Crippen molar-refractivity contribution in [3.8, 4) is 0 Å². The highest BCUT2D eigenvalue weighted by molar-refractivity contribution is 5.91. The first-order chi connectivity index (χ1) is 10.2. The molecule has 1 amide bonds. The van der Waals surface area contributed by atoms with Crippen LogP contribution in [0.2, 0.25) is 0 Å². The van der Waals surface area contributed by atoms with Gasteiger partial charge in [0, 0.05) is 25.2 Å². The van der Waals surface area contributed by atoms with Crippen LogP contribution in [0.15, 0.2) is 30.3 Å². The van der Waals surface area contributed by atoms with Gasteiger partial charge in [0.25, 0.3) is 0 Å². The summed E-state index contributed by atoms with van der Waals surface area (Å²) in [4.78, 5) is 14.2. The number of hydrogen-bond donors (Lipinski definition) is 1. The van der Waals surface area contributed by atoms with E-state index in [0.717, 1.165) is 38.0 Å². The van der Waals surface area contributed by atoms with Crippen molar-refractivity contribution in [1.82, 2.24) is 10.2 Å². The summed E-state index contributed by atoms with van der Waals surface area (Å²) in [5.41, 5.74) is 0.834. The maximum Gasteiger partial charge on any atom is 0.246 e. The van der Waals surface area contributed by atoms with E-state index in [1.807, 2.05) is 4.90 Å². The van der Waals surface area contributed by atoms with Gasteiger partial charge in [0.1, 0.15) is 5.82 Å². The molecule has 1 saturated heterocycles. The van der Waals surface area contributed by atoms with Crippen LogP contribution >= 0.6 is 0 Å². The van der Waals surface area contributed by atoms with Crippen molar-refractivity contribution in [2.45, 2.75) is 32.2 Å². The lowest BCUT2D eigenvalue weighted by Gasteiger charge is -2.24. The van der Waals surface area contributed by atoms with Gasteiger partial charge in [-0.2, -0.15) is 0 Å². The van der Waals surface area contributed by atoms with Crippen LogP contribution < -0.4 is 5.32 Å². The normalized spacial score (nSPS) is 18.3. The van der Waals surface area contributed by atoms with Gasteiger partial charge in [0.05, 0.1) is 0 Å². The zero-order valence-corrected chi connectivity index (χ0v) is 12.5. The van der Waals surface area contributed by atoms with Crippen molar-refractivity contribution < 1.29 is 9.18 Å². The number of rotatable bonds is 6. The maximum absolute atomic E-state index is 12.8. The lowest BCUT2D eigenvalue weighted by molar-refractivity contribution is -0.126. The minimum atomic E-state index is -0.265. The van der Waals surface area contributed by atoms with Gasteiger partial charge in [-0.05, 0) is 49.6 Å². The van der Waals surface area contributed by atoms with E-state index in [2.05, 4.69) is 12.2 Å². The summed E-state index contributed by atoms with van der Waals surface area (Å²) in [5, 5.41) is 3.42. The van der Waals surface area contributed by atoms with Crippen LogP contribution in [-0.2, 0) is 4.79 Å². The van der Waals surface area contributed by atoms with E-state index < -0.39 is 0 Å². The molecule has 0 radical (unpaired) electrons. The van der Waals surface area contributed by atoms with Gasteiger partial charge in [-0.1, -0.05) is 19.1 Å². The Morgan fingerprint density at radius 2 is 2.19 bits per heavy atom. The number of hydrogen-bond acceptors (Lipinski definition) is 2. The van der Waals surface area contributed by atoms with Crippen LogP contribution in [0, 0.1) is 5.82 Å². The van der Waals surface area contributed by atoms with Gasteiger partial charge in [-0.15, -0.1) is 0 Å². The minimum Gasteiger partial charge on any atom is -0.338 e. The molecule has 1 atom stereocenters. The molecule has 0 aliphatic carbocycles. The summed E-state index contributed by atoms with van der Waals surface area (Å²) in [6.45, 7) is 4.65. The van der Waals surface area contributed by atoms with Crippen molar-refractivity contribution in [3.05, 3.63) is 41.7 Å². The molecule has 1 aromatic rings. The quantitative estimate of drug-likeness (QED) is 0.817. The van der Waals surface area contributed by atoms with Crippen molar-refractivity contribution in [1.29, 1.82) is 0 Å². The van der Waals surface area contributed by atoms with Crippen LogP contribution in [-0.4, -0.2) is 36.5 Å². The van der Waals surface area contributed by atoms with E-state index >= 15 is 0 Å². The first-order valence-corrected chi connectivity index (χ1v) is 7.65. The molecule has 1 fully saturated rings. The second kappa shape index (κ2) is 7.93. The number of carbonyl (C=O) groups is 1. The highest BCUT2D eigenvalue weighted by Crippen LogP contribution is 2.09. The Balaban J connectivity index is 1.95. The molecule has 1 aliphatic rings. The zero-order valence-electron chi connectivity index (χ0n) is 12.5. The monoisotopic (exact) mass is 290 g/mol. The Bertz CT molecular complexity index is 478. The standard InChI is InChI=1S/C17H23FN2O/c1-2-12-20(13-16-4-3-11-19-16)17(21)10-7-14-5-8-15(18)9-6-14/h5-10,16,19H,2-4,11-13H2,1H3/b10-7+. The van der Waals surface area contributed by atoms with Gasteiger partial charge in [-0.25, -0.2) is 4.39 Å². The van der Waals surface area contributed by atoms with Crippen LogP contribution in [0.3, 0.4) is 0 Å². The molecule has 114 valence electrons. The predicted octanol–water partition coefficient (Wildman–Crippen LogP) is 2.83. The van der Waals surface area contributed by atoms with Crippen LogP contribution in [0.25, 0.3) is 6.08 Å². The Morgan fingerprint density at radius 3 is 2.81 bits per heavy atom. The average molecular weight is 290 g/mol. The summed E-state index contributed by atoms with van der Waals surface area (Å²) in [7, 11) is 0. The molecule has 1 aromatic carbocycles. The summed E-state index contributed by atoms with van der Waals surface area (Å²) in [5.74, 6) is -0.242. The lowest BCUT2D eigenvalue weighted by atomic mass is 10.2. The Kier molecular flexibility index (Phi) is 5.93. The van der Waals surface area contributed by atoms with Gasteiger partial charge in [0.15, 0.2) is 0 Å². The molecule has 21 heavy (non-hydrogen) atoms. The van der Waals surface area contributed by atoms with Gasteiger partial charge < -0.3 is 10.2 Å². The predicted molar refractivity (Wildman–Crippen MR) is 83.3 cm³/mol. The molecule has 0 saturated carbocycles. The Morgan fingerprint density at radius 1 is 1.43 bits per heavy atom. The smallest absolute Gasteiger partial charge is 0.246 e. The first kappa shape index (κ1) is 15.7. The largest absolute Gasteiger partial charge is 0.338 e. The number of carbonyl (C=O) groups excluding carboxylic acids is 1. The summed E-state index contributed by atoms with van der Waals surface area (Å²) >= 11 is 0. The molecular formula is C17H23FN2O. The number of nitrogens with one attached hydrogen (secondary N) is 1. The highest BCUT2D eigenvalue weighted by Gasteiger charge is 2.19. The van der Waals surface area contributed by atoms with E-state index in [1.54, 1.807) is 24.3 Å². The fraction of sp³-hybridized carbons (Fsp3) is 0.471. The van der Waals surface area contributed by atoms with Gasteiger partial charge in [0.2, 0.25) is 5.91 Å². The number of amides is 1. The van der Waals surface area contributed by atoms with Crippen molar-refractivity contribution in [2.24, 2.45) is 0 Å². The third kappa shape index (κ3) is 4.97. The molecule has 3 nitrogen and oxygen atoms in total. The van der Waals surface area contributed by atoms with Crippen molar-refractivity contribution in [3.63, 3.8) is 0 Å². The fourth-order valence-corrected chi connectivity index (χ4v) is 2.59. The topological polar surface area (TPSA) is 32.3 Å². The SMILES string of the molecule is CCCN(CC1CCCN1)C(=O)/C=C/c1ccc(F)cc1. The van der Waals surface area contributed by atoms with Gasteiger partial charge >= 0.3 is 0 Å². The van der Waals surface area contributed by atoms with E-state index in [4.69, 9.17) is 0 Å². The van der Waals surface area contributed by atoms with Gasteiger partial charge in [-0.3, -0.25) is 4.79 Å². The molecule has 4 heteroatoms. The Hall–Kier alpha value is -1.68. The highest BCUT2D eigenvalue weighted by atomic mass is 19.1. The number of benzene rings is 1. The number of halogens is 1. The average Bonchev–Trinajstić information content (AvgIpc) is 2.99. The second-order valence-corrected chi connectivity index (χ2v) is 5.46. The van der Waals surface area contributed by atoms with Crippen LogP contribution in [0.4, 0.5) is 4.39 Å². The molecule has 2 rings (SSSR count). The van der Waals surface area contributed by atoms with E-state index in [0.29, 0.717) is 6.04 Å². The molecule has 0 bridgehead atoms. The molecule has 0 aromatic heterocycles. The minimum absolute atomic E-state index is 0.0230. The number of nitrogens with zero attached hydrogens (tertiary/aromatic N) is 1. The zero-order chi connectivity index (χ0) is 15.1. The molecule has 1 unspecified atom stereocenters. The van der Waals surface area contributed by atoms with E-state index in [-0.39, 0.29) is 11.7 Å². The van der Waals surface area contributed by atoms with Crippen LogP contribution in [0.5, 0.6) is 0 Å². The van der Waals surface area contributed by atoms with E-state index in [1.165, 1.54) is 18.6 Å². The summed E-state index contributed by atoms with van der Waals surface area (Å²) in [6.07, 6.45) is 6.59. The maximum atomic E-state index is 12.8. The molecule has 1 heterocycles. The van der Waals surface area contributed by atoms with Crippen molar-refractivity contribution >= 4 is 12.0 Å². The molecule has 1 N–H and O–H groups in total. The lowest BCUT2D eigenvalue weighted by Crippen LogP contribution is -2.40. The molecule has 0 spiro atoms. The third-order valence-electron chi connectivity index (χ3n) is 3.70. The summed E-state index contributed by atoms with van der Waals surface area (Å²) in [6, 6.07) is 6.55. The van der Waals surface area contributed by atoms with E-state index in [9.17, 15) is 9.18 Å². The molecule has 1 aliphatic heterocycles. The molecular weight excluding hydrogens is 267 g/mol. The first-order valence-electron chi connectivity index (χ1n) is 7.65. The van der Waals surface area contributed by atoms with Crippen molar-refractivity contribution in [2.75, 3.05) is 19.6 Å². The third-order valence-corrected chi connectivity index (χ3v) is 3.70. The summed E-state index contributed by atoms with van der Waals surface area (Å²) < 4.78 is 12.8. The second-order valence-electron chi connectivity index (χ2n) is 5.46. The Labute approximate surface area is 125 Å².